The van der Waals surface area contributed by atoms with Crippen molar-refractivity contribution in [1.29, 1.82) is 0 Å². The Morgan fingerprint density at radius 3 is 2.62 bits per heavy atom. The fraction of sp³-hybridized carbons (Fsp3) is 0.467. The quantitative estimate of drug-likeness (QED) is 0.932. The molecule has 1 aliphatic carbocycles. The summed E-state index contributed by atoms with van der Waals surface area (Å²) in [5, 5.41) is 14.0. The lowest BCUT2D eigenvalue weighted by Gasteiger charge is -2.21. The van der Waals surface area contributed by atoms with Gasteiger partial charge in [0.05, 0.1) is 5.69 Å². The summed E-state index contributed by atoms with van der Waals surface area (Å²) < 4.78 is 1.56. The van der Waals surface area contributed by atoms with E-state index in [1.54, 1.807) is 16.8 Å². The number of nitrogens with zero attached hydrogens (tertiary/aromatic N) is 4. The minimum Gasteiger partial charge on any atom is -0.352 e. The van der Waals surface area contributed by atoms with Crippen LogP contribution in [-0.4, -0.2) is 32.7 Å². The number of tetrazole rings is 1. The molecule has 21 heavy (non-hydrogen) atoms. The lowest BCUT2D eigenvalue weighted by molar-refractivity contribution is 0.0943. The van der Waals surface area contributed by atoms with E-state index in [2.05, 4.69) is 20.8 Å². The van der Waals surface area contributed by atoms with Crippen LogP contribution in [0.2, 0.25) is 0 Å². The number of hydrogen-bond donors (Lipinski definition) is 1. The highest BCUT2D eigenvalue weighted by Gasteiger charge is 2.14. The van der Waals surface area contributed by atoms with E-state index in [0.717, 1.165) is 12.2 Å². The molecule has 1 aromatic carbocycles. The van der Waals surface area contributed by atoms with Crippen LogP contribution in [0.5, 0.6) is 0 Å². The van der Waals surface area contributed by atoms with Crippen molar-refractivity contribution in [3.63, 3.8) is 0 Å². The lowest BCUT2D eigenvalue weighted by atomic mass is 9.89. The van der Waals surface area contributed by atoms with E-state index in [-0.39, 0.29) is 5.91 Å². The van der Waals surface area contributed by atoms with E-state index >= 15 is 0 Å². The molecule has 1 saturated carbocycles. The van der Waals surface area contributed by atoms with Gasteiger partial charge in [-0.2, -0.15) is 0 Å². The Balaban J connectivity index is 1.57. The maximum absolute atomic E-state index is 12.1. The molecule has 0 aliphatic heterocycles. The number of benzene rings is 1. The van der Waals surface area contributed by atoms with Crippen molar-refractivity contribution >= 4 is 5.91 Å². The predicted octanol–water partition coefficient (Wildman–Crippen LogP) is 1.97. The highest BCUT2D eigenvalue weighted by molar-refractivity contribution is 5.94. The summed E-state index contributed by atoms with van der Waals surface area (Å²) in [7, 11) is 0. The Morgan fingerprint density at radius 1 is 1.19 bits per heavy atom. The summed E-state index contributed by atoms with van der Waals surface area (Å²) in [4.78, 5) is 12.1. The molecular formula is C15H19N5O. The monoisotopic (exact) mass is 285 g/mol. The molecule has 1 heterocycles. The summed E-state index contributed by atoms with van der Waals surface area (Å²) in [6.45, 7) is 0.785. The van der Waals surface area contributed by atoms with Gasteiger partial charge in [0.25, 0.3) is 5.91 Å². The topological polar surface area (TPSA) is 72.7 Å². The van der Waals surface area contributed by atoms with E-state index in [1.807, 2.05) is 12.1 Å². The smallest absolute Gasteiger partial charge is 0.251 e. The predicted molar refractivity (Wildman–Crippen MR) is 78.1 cm³/mol. The maximum Gasteiger partial charge on any atom is 0.251 e. The lowest BCUT2D eigenvalue weighted by Crippen LogP contribution is -2.30. The molecule has 1 amide bonds. The zero-order valence-electron chi connectivity index (χ0n) is 11.9. The second kappa shape index (κ2) is 6.47. The van der Waals surface area contributed by atoms with Gasteiger partial charge in [0, 0.05) is 12.1 Å². The fourth-order valence-electron chi connectivity index (χ4n) is 2.78. The molecule has 0 spiro atoms. The minimum atomic E-state index is -0.0103. The van der Waals surface area contributed by atoms with Crippen LogP contribution in [0.1, 0.15) is 42.5 Å². The van der Waals surface area contributed by atoms with Crippen LogP contribution >= 0.6 is 0 Å². The third kappa shape index (κ3) is 3.45. The van der Waals surface area contributed by atoms with Crippen molar-refractivity contribution < 1.29 is 4.79 Å². The molecule has 1 aliphatic rings. The Morgan fingerprint density at radius 2 is 1.95 bits per heavy atom. The average molecular weight is 285 g/mol. The normalized spacial score (nSPS) is 15.8. The molecule has 1 N–H and O–H groups in total. The van der Waals surface area contributed by atoms with Gasteiger partial charge in [-0.05, 0) is 53.5 Å². The van der Waals surface area contributed by atoms with Crippen LogP contribution < -0.4 is 5.32 Å². The van der Waals surface area contributed by atoms with Gasteiger partial charge in [-0.1, -0.05) is 19.3 Å². The van der Waals surface area contributed by atoms with Crippen LogP contribution in [0.3, 0.4) is 0 Å². The van der Waals surface area contributed by atoms with Crippen molar-refractivity contribution in [2.24, 2.45) is 5.92 Å². The van der Waals surface area contributed by atoms with Crippen LogP contribution in [0.4, 0.5) is 0 Å². The van der Waals surface area contributed by atoms with Gasteiger partial charge in [-0.25, -0.2) is 4.68 Å². The number of aromatic nitrogens is 4. The number of hydrogen-bond acceptors (Lipinski definition) is 4. The van der Waals surface area contributed by atoms with Crippen LogP contribution in [0.25, 0.3) is 5.69 Å². The number of carbonyl (C=O) groups excluding carboxylic acids is 1. The summed E-state index contributed by atoms with van der Waals surface area (Å²) in [5.41, 5.74) is 1.51. The largest absolute Gasteiger partial charge is 0.352 e. The average Bonchev–Trinajstić information content (AvgIpc) is 3.08. The first-order valence-electron chi connectivity index (χ1n) is 7.44. The van der Waals surface area contributed by atoms with Crippen molar-refractivity contribution in [3.05, 3.63) is 36.2 Å². The molecule has 0 bridgehead atoms. The van der Waals surface area contributed by atoms with Gasteiger partial charge in [0.2, 0.25) is 0 Å². The Kier molecular flexibility index (Phi) is 4.23. The Bertz CT molecular complexity index is 573. The molecule has 0 saturated heterocycles. The third-order valence-corrected chi connectivity index (χ3v) is 4.02. The third-order valence-electron chi connectivity index (χ3n) is 4.02. The second-order valence-corrected chi connectivity index (χ2v) is 5.52. The first kappa shape index (κ1) is 13.7. The summed E-state index contributed by atoms with van der Waals surface area (Å²) in [6, 6.07) is 7.28. The molecule has 0 radical (unpaired) electrons. The summed E-state index contributed by atoms with van der Waals surface area (Å²) in [6.07, 6.45) is 7.92. The Labute approximate surface area is 123 Å². The number of nitrogens with one attached hydrogen (secondary N) is 1. The zero-order chi connectivity index (χ0) is 14.5. The van der Waals surface area contributed by atoms with E-state index in [4.69, 9.17) is 0 Å². The number of carbonyl (C=O) groups is 1. The van der Waals surface area contributed by atoms with Crippen LogP contribution in [0.15, 0.2) is 30.6 Å². The standard InChI is InChI=1S/C15H19N5O/c21-15(16-10-12-4-2-1-3-5-12)13-6-8-14(9-7-13)20-11-17-18-19-20/h6-9,11-12H,1-5,10H2,(H,16,21). The van der Waals surface area contributed by atoms with Gasteiger partial charge in [-0.15, -0.1) is 5.10 Å². The van der Waals surface area contributed by atoms with Crippen molar-refractivity contribution in [1.82, 2.24) is 25.5 Å². The van der Waals surface area contributed by atoms with E-state index in [1.165, 1.54) is 38.4 Å². The van der Waals surface area contributed by atoms with E-state index in [9.17, 15) is 4.79 Å². The van der Waals surface area contributed by atoms with Crippen LogP contribution in [0, 0.1) is 5.92 Å². The minimum absolute atomic E-state index is 0.0103. The molecular weight excluding hydrogens is 266 g/mol. The highest BCUT2D eigenvalue weighted by Crippen LogP contribution is 2.22. The van der Waals surface area contributed by atoms with Gasteiger partial charge < -0.3 is 5.32 Å². The summed E-state index contributed by atoms with van der Waals surface area (Å²) in [5.74, 6) is 0.632. The van der Waals surface area contributed by atoms with Gasteiger partial charge in [0.15, 0.2) is 0 Å². The van der Waals surface area contributed by atoms with E-state index < -0.39 is 0 Å². The first-order valence-corrected chi connectivity index (χ1v) is 7.44. The molecule has 110 valence electrons. The van der Waals surface area contributed by atoms with Crippen molar-refractivity contribution in [2.75, 3.05) is 6.54 Å². The molecule has 1 aromatic heterocycles. The van der Waals surface area contributed by atoms with Crippen molar-refractivity contribution in [3.8, 4) is 5.69 Å². The highest BCUT2D eigenvalue weighted by atomic mass is 16.1. The Hall–Kier alpha value is -2.24. The number of rotatable bonds is 4. The zero-order valence-corrected chi connectivity index (χ0v) is 11.9. The molecule has 0 atom stereocenters. The SMILES string of the molecule is O=C(NCC1CCCCC1)c1ccc(-n2cnnn2)cc1. The first-order chi connectivity index (χ1) is 10.3. The number of amides is 1. The fourth-order valence-corrected chi connectivity index (χ4v) is 2.78. The van der Waals surface area contributed by atoms with Gasteiger partial charge >= 0.3 is 0 Å². The summed E-state index contributed by atoms with van der Waals surface area (Å²) >= 11 is 0. The molecule has 0 unspecified atom stereocenters. The molecule has 2 aromatic rings. The molecule has 3 rings (SSSR count). The maximum atomic E-state index is 12.1. The van der Waals surface area contributed by atoms with Crippen molar-refractivity contribution in [2.45, 2.75) is 32.1 Å². The van der Waals surface area contributed by atoms with Gasteiger partial charge in [0.1, 0.15) is 6.33 Å². The van der Waals surface area contributed by atoms with Crippen LogP contribution in [-0.2, 0) is 0 Å². The van der Waals surface area contributed by atoms with E-state index in [0.29, 0.717) is 11.5 Å². The van der Waals surface area contributed by atoms with Gasteiger partial charge in [-0.3, -0.25) is 4.79 Å². The molecule has 6 nitrogen and oxygen atoms in total. The molecule has 6 heteroatoms. The molecule has 1 fully saturated rings. The second-order valence-electron chi connectivity index (χ2n) is 5.52.